The lowest BCUT2D eigenvalue weighted by Crippen LogP contribution is -2.44. The molecule has 3 heteroatoms. The fraction of sp³-hybridized carbons (Fsp3) is 0.909. The Hall–Kier alpha value is -0.410. The zero-order valence-corrected chi connectivity index (χ0v) is 9.59. The topological polar surface area (TPSA) is 41.6 Å². The van der Waals surface area contributed by atoms with Crippen LogP contribution in [0.25, 0.3) is 0 Å². The molecule has 0 bridgehead atoms. The molecule has 1 aliphatic rings. The zero-order valence-electron chi connectivity index (χ0n) is 9.59. The first-order valence-corrected chi connectivity index (χ1v) is 5.41. The Morgan fingerprint density at radius 1 is 1.64 bits per heavy atom. The molecule has 1 heterocycles. The number of epoxide rings is 1. The fourth-order valence-corrected chi connectivity index (χ4v) is 1.62. The minimum Gasteiger partial charge on any atom is -0.362 e. The molecular weight excluding hydrogens is 178 g/mol. The number of hydrogen-bond donors (Lipinski definition) is 1. The van der Waals surface area contributed by atoms with Gasteiger partial charge < -0.3 is 10.1 Å². The molecule has 0 aromatic heterocycles. The van der Waals surface area contributed by atoms with Gasteiger partial charge in [0.05, 0.1) is 12.6 Å². The third kappa shape index (κ3) is 2.79. The van der Waals surface area contributed by atoms with E-state index in [1.54, 1.807) is 0 Å². The van der Waals surface area contributed by atoms with Crippen LogP contribution in [0.4, 0.5) is 0 Å². The molecule has 0 aromatic rings. The highest BCUT2D eigenvalue weighted by Gasteiger charge is 2.49. The first-order chi connectivity index (χ1) is 6.49. The number of likely N-dealkylation sites (N-methyl/N-ethyl adjacent to an activating group) is 1. The average Bonchev–Trinajstić information content (AvgIpc) is 2.82. The molecule has 84 valence electrons. The summed E-state index contributed by atoms with van der Waals surface area (Å²) in [5.74, 6) is 0.749. The number of nitrogens with one attached hydrogen (secondary N) is 1. The molecule has 0 unspecified atom stereocenters. The van der Waals surface area contributed by atoms with Gasteiger partial charge in [0, 0.05) is 1.43 Å². The fourth-order valence-electron chi connectivity index (χ4n) is 1.62. The quantitative estimate of drug-likeness (QED) is 0.664. The molecule has 0 amide bonds. The van der Waals surface area contributed by atoms with E-state index in [1.807, 2.05) is 13.8 Å². The molecule has 1 rings (SSSR count). The number of ketones is 1. The van der Waals surface area contributed by atoms with Crippen molar-refractivity contribution in [3.8, 4) is 0 Å². The second-order valence-corrected chi connectivity index (χ2v) is 4.62. The van der Waals surface area contributed by atoms with Crippen LogP contribution in [0.2, 0.25) is 0 Å². The van der Waals surface area contributed by atoms with Crippen LogP contribution in [0.1, 0.15) is 35.5 Å². The van der Waals surface area contributed by atoms with Gasteiger partial charge in [0.1, 0.15) is 5.60 Å². The zero-order chi connectivity index (χ0) is 10.8. The van der Waals surface area contributed by atoms with E-state index in [-0.39, 0.29) is 13.3 Å². The third-order valence-corrected chi connectivity index (χ3v) is 2.57. The Morgan fingerprint density at radius 3 is 2.57 bits per heavy atom. The molecule has 1 aliphatic heterocycles. The summed E-state index contributed by atoms with van der Waals surface area (Å²) in [6.07, 6.45) is 0.894. The van der Waals surface area contributed by atoms with E-state index in [1.165, 1.54) is 0 Å². The Balaban J connectivity index is 0.00000196. The monoisotopic (exact) mass is 201 g/mol. The standard InChI is InChI=1S/C11H21NO2.H2/c1-5-12-9(6-8(2)3)10(13)11(4)7-14-11;/h8-9,12H,5-7H2,1-4H3;1H/t9-,11+;/m0./s1. The molecule has 3 nitrogen and oxygen atoms in total. The summed E-state index contributed by atoms with van der Waals surface area (Å²) in [7, 11) is 0. The van der Waals surface area contributed by atoms with E-state index in [9.17, 15) is 4.79 Å². The van der Waals surface area contributed by atoms with Gasteiger partial charge in [-0.2, -0.15) is 0 Å². The summed E-state index contributed by atoms with van der Waals surface area (Å²) in [5, 5.41) is 3.23. The van der Waals surface area contributed by atoms with Crippen LogP contribution in [0.3, 0.4) is 0 Å². The SMILES string of the molecule is CCN[C@@H](CC(C)C)C(=O)[C@@]1(C)CO1.[HH]. The molecule has 0 radical (unpaired) electrons. The Bertz CT molecular complexity index is 215. The highest BCUT2D eigenvalue weighted by Crippen LogP contribution is 2.29. The van der Waals surface area contributed by atoms with Crippen molar-refractivity contribution in [1.82, 2.24) is 5.32 Å². The third-order valence-electron chi connectivity index (χ3n) is 2.57. The number of Topliss-reactive ketones (excluding diaryl/α,β-unsaturated/α-hetero) is 1. The minimum atomic E-state index is -0.484. The lowest BCUT2D eigenvalue weighted by Gasteiger charge is -2.20. The smallest absolute Gasteiger partial charge is 0.183 e. The summed E-state index contributed by atoms with van der Waals surface area (Å²) in [5.41, 5.74) is -0.484. The maximum atomic E-state index is 12.0. The molecule has 1 saturated heterocycles. The van der Waals surface area contributed by atoms with Crippen molar-refractivity contribution in [2.24, 2.45) is 5.92 Å². The van der Waals surface area contributed by atoms with Gasteiger partial charge in [0.2, 0.25) is 0 Å². The molecule has 14 heavy (non-hydrogen) atoms. The number of ether oxygens (including phenoxy) is 1. The molecule has 0 saturated carbocycles. The first-order valence-electron chi connectivity index (χ1n) is 5.41. The summed E-state index contributed by atoms with van der Waals surface area (Å²) in [6, 6.07) is -0.0347. The van der Waals surface area contributed by atoms with E-state index < -0.39 is 5.60 Å². The normalized spacial score (nSPS) is 27.8. The van der Waals surface area contributed by atoms with Gasteiger partial charge in [-0.15, -0.1) is 0 Å². The van der Waals surface area contributed by atoms with E-state index in [0.717, 1.165) is 13.0 Å². The van der Waals surface area contributed by atoms with Gasteiger partial charge >= 0.3 is 0 Å². The van der Waals surface area contributed by atoms with Crippen LogP contribution in [-0.4, -0.2) is 30.6 Å². The van der Waals surface area contributed by atoms with Crippen molar-refractivity contribution in [3.05, 3.63) is 0 Å². The van der Waals surface area contributed by atoms with Gasteiger partial charge in [-0.3, -0.25) is 4.79 Å². The Morgan fingerprint density at radius 2 is 2.21 bits per heavy atom. The predicted molar refractivity (Wildman–Crippen MR) is 58.4 cm³/mol. The lowest BCUT2D eigenvalue weighted by atomic mass is 9.93. The van der Waals surface area contributed by atoms with Crippen LogP contribution >= 0.6 is 0 Å². The maximum absolute atomic E-state index is 12.0. The van der Waals surface area contributed by atoms with Crippen LogP contribution in [-0.2, 0) is 9.53 Å². The molecular formula is C11H23NO2. The average molecular weight is 201 g/mol. The summed E-state index contributed by atoms with van der Waals surface area (Å²) >= 11 is 0. The van der Waals surface area contributed by atoms with Gasteiger partial charge in [0.15, 0.2) is 5.78 Å². The molecule has 0 aromatic carbocycles. The molecule has 0 aliphatic carbocycles. The number of carbonyl (C=O) groups is 1. The Labute approximate surface area is 87.7 Å². The van der Waals surface area contributed by atoms with Crippen LogP contribution in [0, 0.1) is 5.92 Å². The van der Waals surface area contributed by atoms with Gasteiger partial charge in [-0.25, -0.2) is 0 Å². The van der Waals surface area contributed by atoms with Crippen molar-refractivity contribution in [3.63, 3.8) is 0 Å². The number of carbonyl (C=O) groups excluding carboxylic acids is 1. The van der Waals surface area contributed by atoms with Crippen molar-refractivity contribution in [2.75, 3.05) is 13.2 Å². The largest absolute Gasteiger partial charge is 0.362 e. The molecule has 2 atom stereocenters. The summed E-state index contributed by atoms with van der Waals surface area (Å²) < 4.78 is 5.18. The van der Waals surface area contributed by atoms with Gasteiger partial charge in [-0.1, -0.05) is 20.8 Å². The van der Waals surface area contributed by atoms with Crippen molar-refractivity contribution >= 4 is 5.78 Å². The van der Waals surface area contributed by atoms with E-state index in [0.29, 0.717) is 12.5 Å². The van der Waals surface area contributed by atoms with Crippen LogP contribution in [0.15, 0.2) is 0 Å². The van der Waals surface area contributed by atoms with Crippen molar-refractivity contribution < 1.29 is 11.0 Å². The number of hydrogen-bond acceptors (Lipinski definition) is 3. The Kier molecular flexibility index (Phi) is 3.67. The van der Waals surface area contributed by atoms with E-state index in [4.69, 9.17) is 4.74 Å². The number of rotatable bonds is 6. The van der Waals surface area contributed by atoms with Crippen LogP contribution < -0.4 is 5.32 Å². The molecule has 1 N–H and O–H groups in total. The first kappa shape index (κ1) is 11.7. The van der Waals surface area contributed by atoms with Gasteiger partial charge in [-0.05, 0) is 25.8 Å². The maximum Gasteiger partial charge on any atom is 0.183 e. The summed E-state index contributed by atoms with van der Waals surface area (Å²) in [4.78, 5) is 12.0. The highest BCUT2D eigenvalue weighted by atomic mass is 16.6. The predicted octanol–water partition coefficient (Wildman–Crippen LogP) is 1.61. The lowest BCUT2D eigenvalue weighted by molar-refractivity contribution is -0.126. The van der Waals surface area contributed by atoms with E-state index >= 15 is 0 Å². The second-order valence-electron chi connectivity index (χ2n) is 4.62. The minimum absolute atomic E-state index is 0. The summed E-state index contributed by atoms with van der Waals surface area (Å²) in [6.45, 7) is 9.59. The van der Waals surface area contributed by atoms with Gasteiger partial charge in [0.25, 0.3) is 0 Å². The van der Waals surface area contributed by atoms with Crippen LogP contribution in [0.5, 0.6) is 0 Å². The molecule has 0 spiro atoms. The van der Waals surface area contributed by atoms with Crippen molar-refractivity contribution in [2.45, 2.75) is 45.8 Å². The second kappa shape index (κ2) is 4.41. The highest BCUT2D eigenvalue weighted by molar-refractivity contribution is 5.93. The van der Waals surface area contributed by atoms with E-state index in [2.05, 4.69) is 19.2 Å². The molecule has 1 fully saturated rings. The van der Waals surface area contributed by atoms with Crippen molar-refractivity contribution in [1.29, 1.82) is 0 Å².